The van der Waals surface area contributed by atoms with E-state index in [0.717, 1.165) is 27.3 Å². The van der Waals surface area contributed by atoms with Gasteiger partial charge in [0, 0.05) is 0 Å². The van der Waals surface area contributed by atoms with Crippen molar-refractivity contribution in [3.8, 4) is 0 Å². The molecule has 0 aliphatic carbocycles. The van der Waals surface area contributed by atoms with Crippen molar-refractivity contribution in [2.24, 2.45) is 0 Å². The molecule has 1 amide bonds. The number of benzene rings is 2. The smallest absolute Gasteiger partial charge is 0.241 e. The molecule has 2 aromatic carbocycles. The van der Waals surface area contributed by atoms with Gasteiger partial charge in [-0.15, -0.1) is 0 Å². The second-order valence-corrected chi connectivity index (χ2v) is 8.10. The van der Waals surface area contributed by atoms with Crippen LogP contribution in [0.15, 0.2) is 48.5 Å². The van der Waals surface area contributed by atoms with Crippen molar-refractivity contribution in [1.82, 2.24) is 5.32 Å². The molecule has 0 radical (unpaired) electrons. The minimum atomic E-state index is -3.58. The molecule has 2 aromatic rings. The summed E-state index contributed by atoms with van der Waals surface area (Å²) in [4.78, 5) is 12.4. The highest BCUT2D eigenvalue weighted by Gasteiger charge is 2.23. The van der Waals surface area contributed by atoms with Crippen molar-refractivity contribution in [1.29, 1.82) is 0 Å². The van der Waals surface area contributed by atoms with Gasteiger partial charge in [0.1, 0.15) is 6.54 Å². The van der Waals surface area contributed by atoms with Crippen LogP contribution in [0.2, 0.25) is 0 Å². The van der Waals surface area contributed by atoms with E-state index >= 15 is 0 Å². The van der Waals surface area contributed by atoms with Gasteiger partial charge in [0.2, 0.25) is 15.9 Å². The van der Waals surface area contributed by atoms with Crippen LogP contribution in [0.5, 0.6) is 0 Å². The third kappa shape index (κ3) is 4.82. The van der Waals surface area contributed by atoms with Crippen LogP contribution in [0.25, 0.3) is 0 Å². The molecule has 0 bridgehead atoms. The Hall–Kier alpha value is -2.34. The van der Waals surface area contributed by atoms with Crippen LogP contribution < -0.4 is 9.62 Å². The van der Waals surface area contributed by atoms with Gasteiger partial charge in [-0.25, -0.2) is 8.42 Å². The number of rotatable bonds is 6. The topological polar surface area (TPSA) is 66.5 Å². The minimum Gasteiger partial charge on any atom is -0.348 e. The van der Waals surface area contributed by atoms with E-state index in [-0.39, 0.29) is 18.5 Å². The molecule has 0 saturated carbocycles. The fourth-order valence-electron chi connectivity index (χ4n) is 2.63. The van der Waals surface area contributed by atoms with Crippen molar-refractivity contribution in [3.05, 3.63) is 65.2 Å². The summed E-state index contributed by atoms with van der Waals surface area (Å²) in [6.45, 7) is 5.39. The normalized spacial score (nSPS) is 12.5. The lowest BCUT2D eigenvalue weighted by atomic mass is 10.1. The average Bonchev–Trinajstić information content (AvgIpc) is 2.55. The molecule has 0 heterocycles. The summed E-state index contributed by atoms with van der Waals surface area (Å²) in [6.07, 6.45) is 1.11. The van der Waals surface area contributed by atoms with E-state index in [2.05, 4.69) is 5.32 Å². The number of aryl methyl sites for hydroxylation is 1. The lowest BCUT2D eigenvalue weighted by Gasteiger charge is -2.25. The van der Waals surface area contributed by atoms with Gasteiger partial charge in [-0.1, -0.05) is 42.5 Å². The molecule has 134 valence electrons. The van der Waals surface area contributed by atoms with Crippen molar-refractivity contribution < 1.29 is 13.2 Å². The number of amides is 1. The zero-order chi connectivity index (χ0) is 18.6. The maximum absolute atomic E-state index is 12.4. The number of carbonyl (C=O) groups is 1. The fourth-order valence-corrected chi connectivity index (χ4v) is 3.54. The van der Waals surface area contributed by atoms with E-state index in [1.165, 1.54) is 0 Å². The van der Waals surface area contributed by atoms with Crippen molar-refractivity contribution >= 4 is 21.6 Å². The van der Waals surface area contributed by atoms with Gasteiger partial charge in [-0.2, -0.15) is 0 Å². The molecule has 5 nitrogen and oxygen atoms in total. The molecule has 0 aromatic heterocycles. The van der Waals surface area contributed by atoms with E-state index in [9.17, 15) is 13.2 Å². The van der Waals surface area contributed by atoms with Crippen LogP contribution in [0.3, 0.4) is 0 Å². The summed E-state index contributed by atoms with van der Waals surface area (Å²) >= 11 is 0. The molecule has 25 heavy (non-hydrogen) atoms. The predicted molar refractivity (Wildman–Crippen MR) is 101 cm³/mol. The second-order valence-electron chi connectivity index (χ2n) is 6.19. The molecule has 0 aliphatic heterocycles. The Morgan fingerprint density at radius 3 is 2.32 bits per heavy atom. The summed E-state index contributed by atoms with van der Waals surface area (Å²) in [5.41, 5.74) is 3.32. The van der Waals surface area contributed by atoms with Gasteiger partial charge in [-0.3, -0.25) is 9.10 Å². The number of carbonyl (C=O) groups excluding carboxylic acids is 1. The van der Waals surface area contributed by atoms with Gasteiger partial charge in [0.25, 0.3) is 0 Å². The van der Waals surface area contributed by atoms with Gasteiger partial charge in [-0.05, 0) is 43.5 Å². The molecular formula is C19H24N2O3S. The summed E-state index contributed by atoms with van der Waals surface area (Å²) < 4.78 is 25.6. The van der Waals surface area contributed by atoms with Crippen LogP contribution in [0.4, 0.5) is 5.69 Å². The molecule has 0 saturated heterocycles. The number of anilines is 1. The lowest BCUT2D eigenvalue weighted by molar-refractivity contribution is -0.120. The maximum Gasteiger partial charge on any atom is 0.241 e. The number of sulfonamides is 1. The standard InChI is InChI=1S/C19H24N2O3S/c1-14-9-8-12-18(15(14)2)21(25(4,23)24)13-19(22)20-16(3)17-10-6-5-7-11-17/h5-12,16H,13H2,1-4H3,(H,20,22)/t16-/m0/s1. The lowest BCUT2D eigenvalue weighted by Crippen LogP contribution is -2.41. The molecule has 0 fully saturated rings. The van der Waals surface area contributed by atoms with Crippen LogP contribution in [0, 0.1) is 13.8 Å². The second kappa shape index (κ2) is 7.70. The Labute approximate surface area is 149 Å². The molecule has 1 atom stereocenters. The third-order valence-corrected chi connectivity index (χ3v) is 5.34. The average molecular weight is 360 g/mol. The first-order valence-corrected chi connectivity index (χ1v) is 9.93. The van der Waals surface area contributed by atoms with E-state index in [1.54, 1.807) is 12.1 Å². The van der Waals surface area contributed by atoms with Crippen LogP contribution in [0.1, 0.15) is 29.7 Å². The Kier molecular flexibility index (Phi) is 5.85. The van der Waals surface area contributed by atoms with E-state index < -0.39 is 10.0 Å². The van der Waals surface area contributed by atoms with Crippen LogP contribution in [-0.4, -0.2) is 27.1 Å². The molecule has 0 aliphatic rings. The highest BCUT2D eigenvalue weighted by atomic mass is 32.2. The van der Waals surface area contributed by atoms with Gasteiger partial charge >= 0.3 is 0 Å². The Balaban J connectivity index is 2.21. The summed E-state index contributed by atoms with van der Waals surface area (Å²) in [6, 6.07) is 14.8. The maximum atomic E-state index is 12.4. The van der Waals surface area contributed by atoms with Crippen molar-refractivity contribution in [2.75, 3.05) is 17.1 Å². The zero-order valence-corrected chi connectivity index (χ0v) is 15.8. The van der Waals surface area contributed by atoms with E-state index in [0.29, 0.717) is 5.69 Å². The summed E-state index contributed by atoms with van der Waals surface area (Å²) in [5, 5.41) is 2.86. The van der Waals surface area contributed by atoms with Gasteiger partial charge < -0.3 is 5.32 Å². The number of nitrogens with one attached hydrogen (secondary N) is 1. The van der Waals surface area contributed by atoms with Crippen molar-refractivity contribution in [2.45, 2.75) is 26.8 Å². The van der Waals surface area contributed by atoms with Crippen LogP contribution >= 0.6 is 0 Å². The first-order chi connectivity index (χ1) is 11.7. The van der Waals surface area contributed by atoms with E-state index in [1.807, 2.05) is 57.2 Å². The first kappa shape index (κ1) is 19.0. The van der Waals surface area contributed by atoms with E-state index in [4.69, 9.17) is 0 Å². The first-order valence-electron chi connectivity index (χ1n) is 8.08. The Bertz CT molecular complexity index is 848. The number of hydrogen-bond donors (Lipinski definition) is 1. The molecule has 1 N–H and O–H groups in total. The Morgan fingerprint density at radius 2 is 1.72 bits per heavy atom. The quantitative estimate of drug-likeness (QED) is 0.861. The molecule has 0 spiro atoms. The monoisotopic (exact) mass is 360 g/mol. The highest BCUT2D eigenvalue weighted by molar-refractivity contribution is 7.92. The molecule has 6 heteroatoms. The van der Waals surface area contributed by atoms with Gasteiger partial charge in [0.15, 0.2) is 0 Å². The van der Waals surface area contributed by atoms with Crippen molar-refractivity contribution in [3.63, 3.8) is 0 Å². The largest absolute Gasteiger partial charge is 0.348 e. The SMILES string of the molecule is Cc1cccc(N(CC(=O)N[C@@H](C)c2ccccc2)S(C)(=O)=O)c1C. The zero-order valence-electron chi connectivity index (χ0n) is 15.0. The minimum absolute atomic E-state index is 0.200. The third-order valence-electron chi connectivity index (χ3n) is 4.21. The molecule has 0 unspecified atom stereocenters. The Morgan fingerprint density at radius 1 is 1.08 bits per heavy atom. The summed E-state index contributed by atoms with van der Waals surface area (Å²) in [5.74, 6) is -0.345. The van der Waals surface area contributed by atoms with Crippen LogP contribution in [-0.2, 0) is 14.8 Å². The number of hydrogen-bond acceptors (Lipinski definition) is 3. The number of nitrogens with zero attached hydrogens (tertiary/aromatic N) is 1. The highest BCUT2D eigenvalue weighted by Crippen LogP contribution is 2.24. The molecular weight excluding hydrogens is 336 g/mol. The predicted octanol–water partition coefficient (Wildman–Crippen LogP) is 2.95. The van der Waals surface area contributed by atoms with Gasteiger partial charge in [0.05, 0.1) is 18.0 Å². The molecule has 2 rings (SSSR count). The summed E-state index contributed by atoms with van der Waals surface area (Å²) in [7, 11) is -3.58. The fraction of sp³-hybridized carbons (Fsp3) is 0.316.